The van der Waals surface area contributed by atoms with Crippen molar-refractivity contribution in [2.45, 2.75) is 31.3 Å². The molecule has 0 aliphatic heterocycles. The molecular weight excluding hydrogens is 344 g/mol. The summed E-state index contributed by atoms with van der Waals surface area (Å²) in [5, 5.41) is 2.97. The van der Waals surface area contributed by atoms with Crippen molar-refractivity contribution in [3.8, 4) is 0 Å². The number of carbonyl (C=O) groups excluding carboxylic acids is 1. The van der Waals surface area contributed by atoms with Crippen molar-refractivity contribution in [3.63, 3.8) is 0 Å². The highest BCUT2D eigenvalue weighted by Crippen LogP contribution is 2.28. The first-order chi connectivity index (χ1) is 11.9. The minimum absolute atomic E-state index is 0.0805. The molecule has 0 unspecified atom stereocenters. The zero-order chi connectivity index (χ0) is 18.0. The number of para-hydroxylation sites is 2. The summed E-state index contributed by atoms with van der Waals surface area (Å²) in [5.41, 5.74) is 4.01. The monoisotopic (exact) mass is 361 g/mol. The van der Waals surface area contributed by atoms with Crippen LogP contribution in [0, 0.1) is 13.8 Å². The minimum Gasteiger partial charge on any atom is -0.324 e. The molecule has 1 heterocycles. The largest absolute Gasteiger partial charge is 0.324 e. The van der Waals surface area contributed by atoms with Gasteiger partial charge in [0.2, 0.25) is 5.91 Å². The Labute approximate surface area is 148 Å². The Morgan fingerprint density at radius 3 is 2.72 bits per heavy atom. The zero-order valence-corrected chi connectivity index (χ0v) is 14.6. The van der Waals surface area contributed by atoms with Crippen molar-refractivity contribution < 1.29 is 13.6 Å². The Balaban J connectivity index is 1.87. The molecule has 3 rings (SSSR count). The van der Waals surface area contributed by atoms with Crippen LogP contribution in [0.5, 0.6) is 0 Å². The number of halogens is 2. The van der Waals surface area contributed by atoms with Crippen LogP contribution >= 0.6 is 11.8 Å². The smallest absolute Gasteiger partial charge is 0.291 e. The molecule has 2 aromatic carbocycles. The van der Waals surface area contributed by atoms with Crippen molar-refractivity contribution in [1.82, 2.24) is 9.55 Å². The number of anilines is 1. The summed E-state index contributed by atoms with van der Waals surface area (Å²) in [7, 11) is 0. The summed E-state index contributed by atoms with van der Waals surface area (Å²) in [6.07, 6.45) is 0. The molecule has 0 saturated carbocycles. The van der Waals surface area contributed by atoms with Gasteiger partial charge in [0, 0.05) is 5.69 Å². The van der Waals surface area contributed by atoms with Crippen molar-refractivity contribution >= 4 is 34.4 Å². The van der Waals surface area contributed by atoms with Crippen molar-refractivity contribution in [2.75, 3.05) is 5.32 Å². The van der Waals surface area contributed by atoms with Crippen LogP contribution in [0.3, 0.4) is 0 Å². The first kappa shape index (κ1) is 17.4. The van der Waals surface area contributed by atoms with Crippen molar-refractivity contribution in [2.24, 2.45) is 0 Å². The Kier molecular flexibility index (Phi) is 5.03. The quantitative estimate of drug-likeness (QED) is 0.675. The highest BCUT2D eigenvalue weighted by molar-refractivity contribution is 7.99. The second-order valence-corrected chi connectivity index (χ2v) is 6.67. The maximum absolute atomic E-state index is 12.8. The lowest BCUT2D eigenvalue weighted by Crippen LogP contribution is -2.20. The number of aryl methyl sites for hydroxylation is 2. The SMILES string of the molecule is Cc1ccc(NC(=O)Cn2c(SC(F)F)nc3ccccc32)c(C)c1. The van der Waals surface area contributed by atoms with E-state index >= 15 is 0 Å². The molecule has 4 nitrogen and oxygen atoms in total. The van der Waals surface area contributed by atoms with Gasteiger partial charge in [0.05, 0.1) is 11.0 Å². The number of rotatable bonds is 5. The summed E-state index contributed by atoms with van der Waals surface area (Å²) in [4.78, 5) is 16.7. The summed E-state index contributed by atoms with van der Waals surface area (Å²) in [6.45, 7) is 3.81. The van der Waals surface area contributed by atoms with E-state index in [1.807, 2.05) is 32.0 Å². The third-order valence-electron chi connectivity index (χ3n) is 3.77. The van der Waals surface area contributed by atoms with E-state index in [1.54, 1.807) is 24.3 Å². The Bertz CT molecular complexity index is 924. The lowest BCUT2D eigenvalue weighted by Gasteiger charge is -2.11. The molecule has 1 aromatic heterocycles. The maximum atomic E-state index is 12.8. The van der Waals surface area contributed by atoms with Gasteiger partial charge in [0.15, 0.2) is 5.16 Å². The number of hydrogen-bond donors (Lipinski definition) is 1. The topological polar surface area (TPSA) is 46.9 Å². The number of thioether (sulfide) groups is 1. The molecule has 0 fully saturated rings. The maximum Gasteiger partial charge on any atom is 0.291 e. The van der Waals surface area contributed by atoms with Gasteiger partial charge in [-0.15, -0.1) is 0 Å². The molecule has 25 heavy (non-hydrogen) atoms. The van der Waals surface area contributed by atoms with Gasteiger partial charge < -0.3 is 9.88 Å². The fraction of sp³-hybridized carbons (Fsp3) is 0.222. The van der Waals surface area contributed by atoms with Crippen LogP contribution in [0.4, 0.5) is 14.5 Å². The highest BCUT2D eigenvalue weighted by atomic mass is 32.2. The zero-order valence-electron chi connectivity index (χ0n) is 13.8. The van der Waals surface area contributed by atoms with Crippen LogP contribution in [-0.4, -0.2) is 21.2 Å². The molecule has 7 heteroatoms. The average molecular weight is 361 g/mol. The van der Waals surface area contributed by atoms with E-state index < -0.39 is 5.76 Å². The van der Waals surface area contributed by atoms with Crippen LogP contribution in [0.15, 0.2) is 47.6 Å². The molecule has 1 amide bonds. The Morgan fingerprint density at radius 1 is 1.24 bits per heavy atom. The number of carbonyl (C=O) groups is 1. The third-order valence-corrected chi connectivity index (χ3v) is 4.47. The third kappa shape index (κ3) is 3.99. The van der Waals surface area contributed by atoms with Crippen LogP contribution < -0.4 is 5.32 Å². The van der Waals surface area contributed by atoms with Crippen LogP contribution in [0.25, 0.3) is 11.0 Å². The van der Waals surface area contributed by atoms with Gasteiger partial charge in [0.25, 0.3) is 5.76 Å². The fourth-order valence-corrected chi connectivity index (χ4v) is 3.26. The van der Waals surface area contributed by atoms with E-state index in [-0.39, 0.29) is 17.6 Å². The minimum atomic E-state index is -2.60. The second-order valence-electron chi connectivity index (χ2n) is 5.71. The molecule has 1 N–H and O–H groups in total. The molecule has 0 radical (unpaired) electrons. The normalized spacial score (nSPS) is 11.2. The first-order valence-electron chi connectivity index (χ1n) is 7.71. The number of hydrogen-bond acceptors (Lipinski definition) is 3. The molecule has 3 aromatic rings. The number of fused-ring (bicyclic) bond motifs is 1. The van der Waals surface area contributed by atoms with Gasteiger partial charge in [-0.05, 0) is 49.4 Å². The van der Waals surface area contributed by atoms with E-state index in [0.29, 0.717) is 28.5 Å². The summed E-state index contributed by atoms with van der Waals surface area (Å²) < 4.78 is 27.1. The summed E-state index contributed by atoms with van der Waals surface area (Å²) in [6, 6.07) is 12.8. The van der Waals surface area contributed by atoms with Crippen LogP contribution in [0.1, 0.15) is 11.1 Å². The van der Waals surface area contributed by atoms with Gasteiger partial charge in [-0.25, -0.2) is 4.98 Å². The molecule has 0 aliphatic carbocycles. The molecule has 0 atom stereocenters. The summed E-state index contributed by atoms with van der Waals surface area (Å²) in [5.74, 6) is -2.89. The number of alkyl halides is 2. The highest BCUT2D eigenvalue weighted by Gasteiger charge is 2.18. The van der Waals surface area contributed by atoms with E-state index in [9.17, 15) is 13.6 Å². The van der Waals surface area contributed by atoms with E-state index in [1.165, 1.54) is 4.57 Å². The number of aromatic nitrogens is 2. The molecule has 0 aliphatic rings. The van der Waals surface area contributed by atoms with Gasteiger partial charge in [-0.3, -0.25) is 4.79 Å². The summed E-state index contributed by atoms with van der Waals surface area (Å²) >= 11 is 0.343. The number of nitrogens with one attached hydrogen (secondary N) is 1. The van der Waals surface area contributed by atoms with E-state index in [0.717, 1.165) is 11.1 Å². The van der Waals surface area contributed by atoms with Gasteiger partial charge in [0.1, 0.15) is 6.54 Å². The molecule has 0 bridgehead atoms. The molecular formula is C18H17F2N3OS. The van der Waals surface area contributed by atoms with Crippen molar-refractivity contribution in [1.29, 1.82) is 0 Å². The average Bonchev–Trinajstić information content (AvgIpc) is 2.87. The van der Waals surface area contributed by atoms with Crippen LogP contribution in [-0.2, 0) is 11.3 Å². The predicted molar refractivity (Wildman–Crippen MR) is 96.1 cm³/mol. The molecule has 0 spiro atoms. The van der Waals surface area contributed by atoms with Gasteiger partial charge in [-0.1, -0.05) is 29.8 Å². The Morgan fingerprint density at radius 2 is 2.00 bits per heavy atom. The first-order valence-corrected chi connectivity index (χ1v) is 8.59. The fourth-order valence-electron chi connectivity index (χ4n) is 2.66. The lowest BCUT2D eigenvalue weighted by atomic mass is 10.1. The van der Waals surface area contributed by atoms with Crippen molar-refractivity contribution in [3.05, 3.63) is 53.6 Å². The second kappa shape index (κ2) is 7.23. The number of nitrogens with zero attached hydrogens (tertiary/aromatic N) is 2. The number of amides is 1. The lowest BCUT2D eigenvalue weighted by molar-refractivity contribution is -0.116. The van der Waals surface area contributed by atoms with E-state index in [4.69, 9.17) is 0 Å². The predicted octanol–water partition coefficient (Wildman–Crippen LogP) is 4.61. The standard InChI is InChI=1S/C18H17F2N3OS/c1-11-7-8-13(12(2)9-11)21-16(24)10-23-15-6-4-3-5-14(15)22-18(23)25-17(19)20/h3-9,17H,10H2,1-2H3,(H,21,24). The molecule has 0 saturated heterocycles. The molecule has 130 valence electrons. The van der Waals surface area contributed by atoms with E-state index in [2.05, 4.69) is 10.3 Å². The van der Waals surface area contributed by atoms with Crippen LogP contribution in [0.2, 0.25) is 0 Å². The van der Waals surface area contributed by atoms with Gasteiger partial charge >= 0.3 is 0 Å². The van der Waals surface area contributed by atoms with Gasteiger partial charge in [-0.2, -0.15) is 8.78 Å². The number of imidazole rings is 1. The number of benzene rings is 2. The Hall–Kier alpha value is -2.41.